The molecule has 9 nitrogen and oxygen atoms in total. The van der Waals surface area contributed by atoms with Crippen molar-refractivity contribution in [3.63, 3.8) is 0 Å². The first-order chi connectivity index (χ1) is 13.9. The fourth-order valence-corrected chi connectivity index (χ4v) is 4.84. The molecule has 0 spiro atoms. The van der Waals surface area contributed by atoms with E-state index < -0.39 is 21.5 Å². The topological polar surface area (TPSA) is 129 Å². The van der Waals surface area contributed by atoms with Gasteiger partial charge in [-0.15, -0.1) is 0 Å². The van der Waals surface area contributed by atoms with Gasteiger partial charge in [0, 0.05) is 26.2 Å². The van der Waals surface area contributed by atoms with E-state index >= 15 is 0 Å². The number of benzene rings is 2. The molecule has 0 saturated carbocycles. The first-order valence-corrected chi connectivity index (χ1v) is 10.4. The van der Waals surface area contributed by atoms with Crippen molar-refractivity contribution in [1.29, 1.82) is 0 Å². The Balaban J connectivity index is 1.52. The van der Waals surface area contributed by atoms with Gasteiger partial charge < -0.3 is 15.6 Å². The number of nitrogens with one attached hydrogen (secondary N) is 1. The first kappa shape index (κ1) is 19.1. The van der Waals surface area contributed by atoms with E-state index in [2.05, 4.69) is 9.97 Å². The summed E-state index contributed by atoms with van der Waals surface area (Å²) in [6.45, 7) is 1.11. The van der Waals surface area contributed by atoms with Gasteiger partial charge in [-0.2, -0.15) is 4.31 Å². The van der Waals surface area contributed by atoms with E-state index in [1.165, 1.54) is 10.5 Å². The van der Waals surface area contributed by atoms with Crippen LogP contribution in [0.1, 0.15) is 10.6 Å². The molecule has 10 heteroatoms. The molecule has 1 amide bonds. The molecule has 2 aromatic carbocycles. The molecule has 4 rings (SSSR count). The van der Waals surface area contributed by atoms with E-state index in [1.54, 1.807) is 23.1 Å². The highest BCUT2D eigenvalue weighted by atomic mass is 32.2. The van der Waals surface area contributed by atoms with E-state index in [4.69, 9.17) is 5.73 Å². The molecule has 0 aliphatic carbocycles. The molecule has 1 aromatic heterocycles. The molecule has 1 fully saturated rings. The summed E-state index contributed by atoms with van der Waals surface area (Å²) in [5.41, 5.74) is 4.90. The van der Waals surface area contributed by atoms with Crippen molar-refractivity contribution >= 4 is 32.4 Å². The van der Waals surface area contributed by atoms with Crippen LogP contribution in [0.5, 0.6) is 0 Å². The summed E-state index contributed by atoms with van der Waals surface area (Å²) in [6, 6.07) is 12.7. The molecular weight excluding hydrogens is 394 g/mol. The Bertz CT molecular complexity index is 1250. The first-order valence-electron chi connectivity index (χ1n) is 8.99. The summed E-state index contributed by atoms with van der Waals surface area (Å²) >= 11 is 0. The van der Waals surface area contributed by atoms with Gasteiger partial charge >= 0.3 is 0 Å². The second-order valence-electron chi connectivity index (χ2n) is 6.71. The van der Waals surface area contributed by atoms with Gasteiger partial charge in [-0.05, 0) is 22.9 Å². The minimum absolute atomic E-state index is 0.212. The van der Waals surface area contributed by atoms with Gasteiger partial charge in [-0.3, -0.25) is 9.59 Å². The van der Waals surface area contributed by atoms with E-state index in [1.807, 2.05) is 24.3 Å². The van der Waals surface area contributed by atoms with Gasteiger partial charge in [0.1, 0.15) is 5.69 Å². The Morgan fingerprint density at radius 3 is 2.38 bits per heavy atom. The predicted octanol–water partition coefficient (Wildman–Crippen LogP) is 0.533. The van der Waals surface area contributed by atoms with Crippen LogP contribution in [-0.4, -0.2) is 54.8 Å². The molecule has 3 aromatic rings. The summed E-state index contributed by atoms with van der Waals surface area (Å²) in [7, 11) is -3.64. The summed E-state index contributed by atoms with van der Waals surface area (Å²) in [5.74, 6) is -1.03. The maximum Gasteiger partial charge on any atom is 0.284 e. The van der Waals surface area contributed by atoms with Crippen molar-refractivity contribution in [1.82, 2.24) is 14.3 Å². The minimum Gasteiger partial charge on any atom is -0.363 e. The number of carbonyl (C=O) groups is 1. The number of piperazine rings is 1. The monoisotopic (exact) mass is 413 g/mol. The van der Waals surface area contributed by atoms with Gasteiger partial charge in [0.05, 0.1) is 11.1 Å². The fraction of sp³-hybridized carbons (Fsp3) is 0.211. The number of nitrogens with zero attached hydrogens (tertiary/aromatic N) is 3. The van der Waals surface area contributed by atoms with Crippen LogP contribution in [0.15, 0.2) is 58.4 Å². The Morgan fingerprint density at radius 1 is 1.03 bits per heavy atom. The highest BCUT2D eigenvalue weighted by Gasteiger charge is 2.29. The normalized spacial score (nSPS) is 15.5. The van der Waals surface area contributed by atoms with Crippen LogP contribution in [0.3, 0.4) is 0 Å². The summed E-state index contributed by atoms with van der Waals surface area (Å²) in [5, 5.41) is 1.83. The largest absolute Gasteiger partial charge is 0.363 e. The van der Waals surface area contributed by atoms with Crippen molar-refractivity contribution in [2.45, 2.75) is 4.90 Å². The Kier molecular flexibility index (Phi) is 4.81. The molecule has 0 bridgehead atoms. The van der Waals surface area contributed by atoms with Crippen molar-refractivity contribution in [3.05, 3.63) is 64.8 Å². The van der Waals surface area contributed by atoms with Crippen LogP contribution in [-0.2, 0) is 10.0 Å². The van der Waals surface area contributed by atoms with Gasteiger partial charge in [0.2, 0.25) is 10.0 Å². The predicted molar refractivity (Wildman–Crippen MR) is 108 cm³/mol. The van der Waals surface area contributed by atoms with Crippen LogP contribution in [0, 0.1) is 0 Å². The average molecular weight is 413 g/mol. The van der Waals surface area contributed by atoms with Crippen LogP contribution < -0.4 is 16.2 Å². The van der Waals surface area contributed by atoms with Crippen LogP contribution in [0.2, 0.25) is 0 Å². The molecule has 1 aliphatic heterocycles. The Morgan fingerprint density at radius 2 is 1.72 bits per heavy atom. The molecule has 0 atom stereocenters. The van der Waals surface area contributed by atoms with Crippen LogP contribution in [0.25, 0.3) is 10.8 Å². The molecule has 150 valence electrons. The van der Waals surface area contributed by atoms with Gasteiger partial charge in [0.25, 0.3) is 11.5 Å². The number of carbonyl (C=O) groups excluding carboxylic acids is 1. The average Bonchev–Trinajstić information content (AvgIpc) is 2.73. The number of sulfonamides is 1. The van der Waals surface area contributed by atoms with E-state index in [0.29, 0.717) is 13.1 Å². The zero-order valence-corrected chi connectivity index (χ0v) is 16.2. The lowest BCUT2D eigenvalue weighted by Crippen LogP contribution is -2.50. The lowest BCUT2D eigenvalue weighted by atomic mass is 10.1. The molecule has 1 aliphatic rings. The lowest BCUT2D eigenvalue weighted by molar-refractivity contribution is 0.0990. The molecule has 1 saturated heterocycles. The third-order valence-electron chi connectivity index (χ3n) is 4.95. The van der Waals surface area contributed by atoms with Crippen molar-refractivity contribution in [3.8, 4) is 0 Å². The zero-order chi connectivity index (χ0) is 20.6. The summed E-state index contributed by atoms with van der Waals surface area (Å²) in [6.07, 6.45) is 1.28. The molecule has 0 radical (unpaired) electrons. The van der Waals surface area contributed by atoms with Gasteiger partial charge in [0.15, 0.2) is 5.82 Å². The zero-order valence-electron chi connectivity index (χ0n) is 15.4. The molecule has 29 heavy (non-hydrogen) atoms. The molecule has 3 N–H and O–H groups in total. The molecule has 2 heterocycles. The molecule has 0 unspecified atom stereocenters. The maximum absolute atomic E-state index is 13.0. The number of H-pyrrole nitrogens is 1. The van der Waals surface area contributed by atoms with E-state index in [-0.39, 0.29) is 29.5 Å². The number of rotatable bonds is 4. The highest BCUT2D eigenvalue weighted by molar-refractivity contribution is 7.89. The standard InChI is InChI=1S/C19H19N5O4S/c20-17(25)18-21-12-16(19(26)22-18)23-7-9-24(10-8-23)29(27,28)15-6-5-13-3-1-2-4-14(13)11-15/h1-6,11-12H,7-10H2,(H2,20,25)(H,21,22,26). The van der Waals surface area contributed by atoms with Gasteiger partial charge in [-0.1, -0.05) is 30.3 Å². The SMILES string of the molecule is NC(=O)c1ncc(N2CCN(S(=O)(=O)c3ccc4ccccc4c3)CC2)c(=O)[nH]1. The number of amides is 1. The number of hydrogen-bond acceptors (Lipinski definition) is 6. The second-order valence-corrected chi connectivity index (χ2v) is 8.65. The molecular formula is C19H19N5O4S. The fourth-order valence-electron chi connectivity index (χ4n) is 3.38. The number of fused-ring (bicyclic) bond motifs is 1. The quantitative estimate of drug-likeness (QED) is 0.642. The van der Waals surface area contributed by atoms with Crippen molar-refractivity contribution in [2.75, 3.05) is 31.1 Å². The number of aromatic nitrogens is 2. The minimum atomic E-state index is -3.64. The van der Waals surface area contributed by atoms with E-state index in [0.717, 1.165) is 10.8 Å². The summed E-state index contributed by atoms with van der Waals surface area (Å²) < 4.78 is 27.5. The summed E-state index contributed by atoms with van der Waals surface area (Å²) in [4.78, 5) is 31.5. The number of nitrogens with two attached hydrogens (primary N) is 1. The third kappa shape index (κ3) is 3.59. The third-order valence-corrected chi connectivity index (χ3v) is 6.85. The van der Waals surface area contributed by atoms with Crippen molar-refractivity contribution in [2.24, 2.45) is 5.73 Å². The lowest BCUT2D eigenvalue weighted by Gasteiger charge is -2.34. The maximum atomic E-state index is 13.0. The smallest absolute Gasteiger partial charge is 0.284 e. The second kappa shape index (κ2) is 7.30. The van der Waals surface area contributed by atoms with Crippen molar-refractivity contribution < 1.29 is 13.2 Å². The van der Waals surface area contributed by atoms with Crippen LogP contribution >= 0.6 is 0 Å². The number of anilines is 1. The van der Waals surface area contributed by atoms with E-state index in [9.17, 15) is 18.0 Å². The number of primary amides is 1. The van der Waals surface area contributed by atoms with Crippen LogP contribution in [0.4, 0.5) is 5.69 Å². The Labute approximate surface area is 166 Å². The number of aromatic amines is 1. The van der Waals surface area contributed by atoms with Gasteiger partial charge in [-0.25, -0.2) is 13.4 Å². The highest BCUT2D eigenvalue weighted by Crippen LogP contribution is 2.23. The Hall–Kier alpha value is -3.24. The number of hydrogen-bond donors (Lipinski definition) is 2.